The van der Waals surface area contributed by atoms with Crippen LogP contribution in [-0.4, -0.2) is 35.0 Å². The number of nitrogens with one attached hydrogen (secondary N) is 2. The van der Waals surface area contributed by atoms with E-state index in [0.29, 0.717) is 12.1 Å². The summed E-state index contributed by atoms with van der Waals surface area (Å²) in [5.74, 6) is -2.89. The molecule has 0 saturated carbocycles. The molecular weight excluding hydrogens is 432 g/mol. The number of carbonyl (C=O) groups excluding carboxylic acids is 4. The molecule has 0 aliphatic carbocycles. The molecule has 2 atom stereocenters. The van der Waals surface area contributed by atoms with Crippen molar-refractivity contribution in [3.63, 3.8) is 0 Å². The molecule has 182 valence electrons. The van der Waals surface area contributed by atoms with Crippen LogP contribution in [0.2, 0.25) is 0 Å². The molecule has 0 saturated heterocycles. The van der Waals surface area contributed by atoms with Crippen LogP contribution in [0.1, 0.15) is 44.7 Å². The topological polar surface area (TPSA) is 131 Å². The molecule has 2 rings (SSSR count). The fourth-order valence-corrected chi connectivity index (χ4v) is 3.56. The number of primary amides is 1. The lowest BCUT2D eigenvalue weighted by molar-refractivity contribution is -0.133. The molecule has 8 heteroatoms. The predicted molar refractivity (Wildman–Crippen MR) is 131 cm³/mol. The Morgan fingerprint density at radius 1 is 1.03 bits per heavy atom. The summed E-state index contributed by atoms with van der Waals surface area (Å²) in [5.41, 5.74) is 7.51. The number of ketones is 1. The number of aromatic nitrogens is 1. The molecule has 0 aliphatic rings. The van der Waals surface area contributed by atoms with Crippen LogP contribution in [0.5, 0.6) is 0 Å². The van der Waals surface area contributed by atoms with E-state index in [-0.39, 0.29) is 37.0 Å². The largest absolute Gasteiger partial charge is 0.369 e. The van der Waals surface area contributed by atoms with Crippen molar-refractivity contribution in [2.24, 2.45) is 23.0 Å². The van der Waals surface area contributed by atoms with E-state index in [4.69, 9.17) is 5.73 Å². The Kier molecular flexibility index (Phi) is 9.47. The second kappa shape index (κ2) is 12.1. The standard InChI is InChI=1S/C26H34N4O4/c1-17-7-9-20(10-8-17)30-23(32)14-22(26(2,3)4)25(34)29-16-21(31)13-19(24(27)33)12-18-6-5-11-28-15-18/h5-11,15,19,22H,12-14,16H2,1-4H3,(H2,27,33)(H,29,34)(H,30,32). The first kappa shape index (κ1) is 26.7. The number of hydrogen-bond acceptors (Lipinski definition) is 5. The Balaban J connectivity index is 1.93. The second-order valence-electron chi connectivity index (χ2n) is 9.66. The predicted octanol–water partition coefficient (Wildman–Crippen LogP) is 2.80. The highest BCUT2D eigenvalue weighted by Gasteiger charge is 2.33. The minimum atomic E-state index is -0.688. The van der Waals surface area contributed by atoms with E-state index in [9.17, 15) is 19.2 Å². The highest BCUT2D eigenvalue weighted by Crippen LogP contribution is 2.29. The van der Waals surface area contributed by atoms with Gasteiger partial charge in [0.1, 0.15) is 0 Å². The third kappa shape index (κ3) is 8.77. The van der Waals surface area contributed by atoms with Gasteiger partial charge in [0.15, 0.2) is 5.78 Å². The van der Waals surface area contributed by atoms with Gasteiger partial charge in [0, 0.05) is 36.8 Å². The Morgan fingerprint density at radius 2 is 1.71 bits per heavy atom. The molecule has 1 aromatic heterocycles. The fourth-order valence-electron chi connectivity index (χ4n) is 3.56. The summed E-state index contributed by atoms with van der Waals surface area (Å²) < 4.78 is 0. The van der Waals surface area contributed by atoms with Crippen LogP contribution in [0.15, 0.2) is 48.8 Å². The lowest BCUT2D eigenvalue weighted by Gasteiger charge is -2.29. The molecule has 2 unspecified atom stereocenters. The zero-order chi connectivity index (χ0) is 25.3. The van der Waals surface area contributed by atoms with Crippen molar-refractivity contribution in [2.45, 2.75) is 47.0 Å². The molecule has 1 aromatic carbocycles. The van der Waals surface area contributed by atoms with E-state index in [2.05, 4.69) is 15.6 Å². The first-order chi connectivity index (χ1) is 16.0. The Bertz CT molecular complexity index is 998. The number of aryl methyl sites for hydroxylation is 1. The number of hydrogen-bond donors (Lipinski definition) is 3. The van der Waals surface area contributed by atoms with Gasteiger partial charge in [-0.2, -0.15) is 0 Å². The Labute approximate surface area is 200 Å². The van der Waals surface area contributed by atoms with Crippen LogP contribution in [0, 0.1) is 24.2 Å². The number of amides is 3. The maximum atomic E-state index is 12.9. The molecule has 0 bridgehead atoms. The highest BCUT2D eigenvalue weighted by atomic mass is 16.2. The third-order valence-corrected chi connectivity index (χ3v) is 5.63. The van der Waals surface area contributed by atoms with Crippen LogP contribution >= 0.6 is 0 Å². The molecule has 3 amide bonds. The van der Waals surface area contributed by atoms with Gasteiger partial charge in [0.25, 0.3) is 0 Å². The first-order valence-electron chi connectivity index (χ1n) is 11.3. The number of benzene rings is 1. The van der Waals surface area contributed by atoms with Crippen molar-refractivity contribution < 1.29 is 19.2 Å². The zero-order valence-corrected chi connectivity index (χ0v) is 20.3. The van der Waals surface area contributed by atoms with Gasteiger partial charge in [-0.25, -0.2) is 0 Å². The van der Waals surface area contributed by atoms with E-state index in [1.54, 1.807) is 30.6 Å². The van der Waals surface area contributed by atoms with Gasteiger partial charge in [-0.05, 0) is 42.5 Å². The number of pyridine rings is 1. The molecule has 0 radical (unpaired) electrons. The SMILES string of the molecule is Cc1ccc(NC(=O)CC(C(=O)NCC(=O)CC(Cc2cccnc2)C(N)=O)C(C)(C)C)cc1. The molecule has 0 fully saturated rings. The fraction of sp³-hybridized carbons (Fsp3) is 0.423. The summed E-state index contributed by atoms with van der Waals surface area (Å²) in [5, 5.41) is 5.45. The maximum Gasteiger partial charge on any atom is 0.225 e. The van der Waals surface area contributed by atoms with Crippen molar-refractivity contribution in [3.8, 4) is 0 Å². The average molecular weight is 467 g/mol. The third-order valence-electron chi connectivity index (χ3n) is 5.63. The van der Waals surface area contributed by atoms with Gasteiger partial charge in [-0.3, -0.25) is 24.2 Å². The molecule has 8 nitrogen and oxygen atoms in total. The molecule has 34 heavy (non-hydrogen) atoms. The number of anilines is 1. The van der Waals surface area contributed by atoms with Gasteiger partial charge in [0.2, 0.25) is 17.7 Å². The number of Topliss-reactive ketones (excluding diaryl/α,β-unsaturated/α-hetero) is 1. The van der Waals surface area contributed by atoms with Gasteiger partial charge in [0.05, 0.1) is 12.5 Å². The number of carbonyl (C=O) groups is 4. The minimum absolute atomic E-state index is 0.0255. The lowest BCUT2D eigenvalue weighted by Crippen LogP contribution is -2.42. The average Bonchev–Trinajstić information content (AvgIpc) is 2.77. The summed E-state index contributed by atoms with van der Waals surface area (Å²) in [6.45, 7) is 7.33. The quantitative estimate of drug-likeness (QED) is 0.469. The highest BCUT2D eigenvalue weighted by molar-refractivity contribution is 5.95. The maximum absolute atomic E-state index is 12.9. The van der Waals surface area contributed by atoms with Crippen molar-refractivity contribution in [1.29, 1.82) is 0 Å². The second-order valence-corrected chi connectivity index (χ2v) is 9.66. The molecule has 1 heterocycles. The number of rotatable bonds is 11. The van der Waals surface area contributed by atoms with Crippen LogP contribution in [0.3, 0.4) is 0 Å². The molecule has 4 N–H and O–H groups in total. The van der Waals surface area contributed by atoms with Crippen LogP contribution < -0.4 is 16.4 Å². The van der Waals surface area contributed by atoms with Crippen molar-refractivity contribution in [1.82, 2.24) is 10.3 Å². The molecule has 0 spiro atoms. The van der Waals surface area contributed by atoms with E-state index >= 15 is 0 Å². The molecular formula is C26H34N4O4. The normalized spacial score (nSPS) is 12.9. The van der Waals surface area contributed by atoms with Crippen LogP contribution in [0.4, 0.5) is 5.69 Å². The van der Waals surface area contributed by atoms with E-state index < -0.39 is 23.2 Å². The first-order valence-corrected chi connectivity index (χ1v) is 11.3. The number of nitrogens with two attached hydrogens (primary N) is 1. The number of nitrogens with zero attached hydrogens (tertiary/aromatic N) is 1. The Hall–Kier alpha value is -3.55. The zero-order valence-electron chi connectivity index (χ0n) is 20.3. The van der Waals surface area contributed by atoms with Gasteiger partial charge < -0.3 is 16.4 Å². The Morgan fingerprint density at radius 3 is 2.26 bits per heavy atom. The monoisotopic (exact) mass is 466 g/mol. The summed E-state index contributed by atoms with van der Waals surface area (Å²) in [6, 6.07) is 10.9. The van der Waals surface area contributed by atoms with E-state index in [0.717, 1.165) is 11.1 Å². The van der Waals surface area contributed by atoms with Crippen molar-refractivity contribution >= 4 is 29.2 Å². The van der Waals surface area contributed by atoms with Crippen molar-refractivity contribution in [3.05, 3.63) is 59.9 Å². The van der Waals surface area contributed by atoms with Crippen LogP contribution in [-0.2, 0) is 25.6 Å². The summed E-state index contributed by atoms with van der Waals surface area (Å²) in [4.78, 5) is 53.8. The summed E-state index contributed by atoms with van der Waals surface area (Å²) >= 11 is 0. The molecule has 2 aromatic rings. The minimum Gasteiger partial charge on any atom is -0.369 e. The van der Waals surface area contributed by atoms with E-state index in [1.807, 2.05) is 45.9 Å². The van der Waals surface area contributed by atoms with Gasteiger partial charge in [-0.1, -0.05) is 44.5 Å². The van der Waals surface area contributed by atoms with Crippen LogP contribution in [0.25, 0.3) is 0 Å². The summed E-state index contributed by atoms with van der Waals surface area (Å²) in [7, 11) is 0. The van der Waals surface area contributed by atoms with Gasteiger partial charge in [-0.15, -0.1) is 0 Å². The van der Waals surface area contributed by atoms with Crippen molar-refractivity contribution in [2.75, 3.05) is 11.9 Å². The lowest BCUT2D eigenvalue weighted by atomic mass is 9.78. The summed E-state index contributed by atoms with van der Waals surface area (Å²) in [6.07, 6.45) is 3.43. The van der Waals surface area contributed by atoms with E-state index in [1.165, 1.54) is 0 Å². The van der Waals surface area contributed by atoms with Gasteiger partial charge >= 0.3 is 0 Å². The smallest absolute Gasteiger partial charge is 0.225 e. The molecule has 0 aliphatic heterocycles.